The maximum Gasteiger partial charge on any atom is 0.252 e. The number of hydrogen-bond acceptors (Lipinski definition) is 3. The smallest absolute Gasteiger partial charge is 0.252 e. The third-order valence-electron chi connectivity index (χ3n) is 5.98. The zero-order valence-electron chi connectivity index (χ0n) is 18.3. The number of nitrogens with one attached hydrogen (secondary N) is 2. The number of fused-ring (bicyclic) bond motifs is 1. The van der Waals surface area contributed by atoms with Gasteiger partial charge in [-0.15, -0.1) is 12.4 Å². The topological polar surface area (TPSA) is 61.4 Å². The maximum atomic E-state index is 13.1. The van der Waals surface area contributed by atoms with Crippen molar-refractivity contribution in [3.63, 3.8) is 0 Å². The molecular formula is C26H30ClN3O2. The van der Waals surface area contributed by atoms with Crippen molar-refractivity contribution < 1.29 is 9.59 Å². The van der Waals surface area contributed by atoms with Crippen molar-refractivity contribution in [2.24, 2.45) is 0 Å². The standard InChI is InChI=1S/C26H29N3O2.ClH/c1-19(22-12-6-9-20-7-2-4-10-23(20)22)28-26(31)24-11-5-3-8-21(24)13-14-25(30)29-17-15-27-16-18-29;/h2-12,19,27H,13-18H2,1H3,(H,28,31);1H/t19-;/m1./s1. The summed E-state index contributed by atoms with van der Waals surface area (Å²) in [6, 6.07) is 21.8. The van der Waals surface area contributed by atoms with E-state index in [1.807, 2.05) is 54.3 Å². The number of halogens is 1. The molecule has 6 heteroatoms. The molecule has 1 aliphatic heterocycles. The molecule has 1 fully saturated rings. The Hall–Kier alpha value is -2.89. The Morgan fingerprint density at radius 2 is 1.66 bits per heavy atom. The lowest BCUT2D eigenvalue weighted by Crippen LogP contribution is -2.46. The molecule has 1 atom stereocenters. The Labute approximate surface area is 195 Å². The molecule has 1 heterocycles. The summed E-state index contributed by atoms with van der Waals surface area (Å²) in [6.45, 7) is 5.21. The Kier molecular flexibility index (Phi) is 8.26. The van der Waals surface area contributed by atoms with Crippen LogP contribution >= 0.6 is 12.4 Å². The summed E-state index contributed by atoms with van der Waals surface area (Å²) in [6.07, 6.45) is 0.984. The van der Waals surface area contributed by atoms with Crippen molar-refractivity contribution in [3.8, 4) is 0 Å². The van der Waals surface area contributed by atoms with Crippen molar-refractivity contribution in [2.45, 2.75) is 25.8 Å². The Morgan fingerprint density at radius 3 is 2.47 bits per heavy atom. The van der Waals surface area contributed by atoms with E-state index < -0.39 is 0 Å². The van der Waals surface area contributed by atoms with Crippen LogP contribution in [0.1, 0.15) is 40.9 Å². The van der Waals surface area contributed by atoms with Crippen LogP contribution in [-0.2, 0) is 11.2 Å². The Balaban J connectivity index is 0.00000289. The second kappa shape index (κ2) is 11.1. The fraction of sp³-hybridized carbons (Fsp3) is 0.308. The lowest BCUT2D eigenvalue weighted by molar-refractivity contribution is -0.131. The first kappa shape index (κ1) is 23.8. The van der Waals surface area contributed by atoms with E-state index in [1.54, 1.807) is 0 Å². The van der Waals surface area contributed by atoms with Crippen LogP contribution in [0.3, 0.4) is 0 Å². The van der Waals surface area contributed by atoms with E-state index >= 15 is 0 Å². The minimum absolute atomic E-state index is 0. The summed E-state index contributed by atoms with van der Waals surface area (Å²) in [5.74, 6) is 0.0477. The van der Waals surface area contributed by atoms with E-state index in [4.69, 9.17) is 0 Å². The fourth-order valence-electron chi connectivity index (χ4n) is 4.25. The lowest BCUT2D eigenvalue weighted by Gasteiger charge is -2.27. The average molecular weight is 452 g/mol. The first-order valence-electron chi connectivity index (χ1n) is 11.0. The van der Waals surface area contributed by atoms with E-state index in [-0.39, 0.29) is 30.3 Å². The van der Waals surface area contributed by atoms with Gasteiger partial charge in [0.2, 0.25) is 5.91 Å². The van der Waals surface area contributed by atoms with Crippen LogP contribution in [0.4, 0.5) is 0 Å². The number of carbonyl (C=O) groups excluding carboxylic acids is 2. The number of benzene rings is 3. The predicted octanol–water partition coefficient (Wildman–Crippen LogP) is 4.12. The SMILES string of the molecule is C[C@@H](NC(=O)c1ccccc1CCC(=O)N1CCNCC1)c1cccc2ccccc12.Cl. The number of piperazine rings is 1. The molecule has 0 radical (unpaired) electrons. The van der Waals surface area contributed by atoms with E-state index in [0.717, 1.165) is 48.1 Å². The zero-order valence-corrected chi connectivity index (χ0v) is 19.2. The molecule has 0 spiro atoms. The highest BCUT2D eigenvalue weighted by Crippen LogP contribution is 2.24. The molecule has 1 saturated heterocycles. The fourth-order valence-corrected chi connectivity index (χ4v) is 4.25. The van der Waals surface area contributed by atoms with Crippen LogP contribution < -0.4 is 10.6 Å². The first-order chi connectivity index (χ1) is 15.1. The van der Waals surface area contributed by atoms with E-state index in [9.17, 15) is 9.59 Å². The summed E-state index contributed by atoms with van der Waals surface area (Å²) < 4.78 is 0. The van der Waals surface area contributed by atoms with Crippen LogP contribution in [-0.4, -0.2) is 42.9 Å². The Morgan fingerprint density at radius 1 is 0.969 bits per heavy atom. The number of carbonyl (C=O) groups is 2. The minimum Gasteiger partial charge on any atom is -0.345 e. The molecule has 0 unspecified atom stereocenters. The number of rotatable bonds is 6. The quantitative estimate of drug-likeness (QED) is 0.592. The van der Waals surface area contributed by atoms with Gasteiger partial charge in [-0.05, 0) is 41.3 Å². The molecule has 168 valence electrons. The molecule has 3 aromatic rings. The van der Waals surface area contributed by atoms with E-state index in [0.29, 0.717) is 18.4 Å². The molecule has 5 nitrogen and oxygen atoms in total. The highest BCUT2D eigenvalue weighted by atomic mass is 35.5. The normalized spacial score (nSPS) is 14.5. The number of aryl methyl sites for hydroxylation is 1. The molecule has 2 amide bonds. The molecule has 0 saturated carbocycles. The van der Waals surface area contributed by atoms with Gasteiger partial charge >= 0.3 is 0 Å². The molecular weight excluding hydrogens is 422 g/mol. The average Bonchev–Trinajstić information content (AvgIpc) is 2.82. The van der Waals surface area contributed by atoms with Gasteiger partial charge in [-0.2, -0.15) is 0 Å². The van der Waals surface area contributed by atoms with Crippen LogP contribution in [0.25, 0.3) is 10.8 Å². The van der Waals surface area contributed by atoms with Crippen molar-refractivity contribution in [1.82, 2.24) is 15.5 Å². The van der Waals surface area contributed by atoms with Crippen molar-refractivity contribution in [1.29, 1.82) is 0 Å². The third-order valence-corrected chi connectivity index (χ3v) is 5.98. The minimum atomic E-state index is -0.130. The van der Waals surface area contributed by atoms with Gasteiger partial charge in [-0.1, -0.05) is 60.7 Å². The van der Waals surface area contributed by atoms with Gasteiger partial charge in [-0.25, -0.2) is 0 Å². The molecule has 2 N–H and O–H groups in total. The summed E-state index contributed by atoms with van der Waals surface area (Å²) in [7, 11) is 0. The van der Waals surface area contributed by atoms with Crippen molar-refractivity contribution in [3.05, 3.63) is 83.4 Å². The molecule has 1 aliphatic rings. The van der Waals surface area contributed by atoms with Crippen LogP contribution in [0.5, 0.6) is 0 Å². The number of nitrogens with zero attached hydrogens (tertiary/aromatic N) is 1. The first-order valence-corrected chi connectivity index (χ1v) is 11.0. The number of amides is 2. The van der Waals surface area contributed by atoms with Crippen molar-refractivity contribution >= 4 is 35.0 Å². The van der Waals surface area contributed by atoms with Gasteiger partial charge in [0, 0.05) is 38.2 Å². The molecule has 4 rings (SSSR count). The van der Waals surface area contributed by atoms with Gasteiger partial charge in [0.25, 0.3) is 5.91 Å². The summed E-state index contributed by atoms with van der Waals surface area (Å²) in [5.41, 5.74) is 2.65. The van der Waals surface area contributed by atoms with Crippen LogP contribution in [0, 0.1) is 0 Å². The lowest BCUT2D eigenvalue weighted by atomic mass is 9.98. The second-order valence-electron chi connectivity index (χ2n) is 8.05. The molecule has 0 aromatic heterocycles. The van der Waals surface area contributed by atoms with Crippen LogP contribution in [0.15, 0.2) is 66.7 Å². The second-order valence-corrected chi connectivity index (χ2v) is 8.05. The summed E-state index contributed by atoms with van der Waals surface area (Å²) in [4.78, 5) is 27.6. The summed E-state index contributed by atoms with van der Waals surface area (Å²) in [5, 5.41) is 8.72. The highest BCUT2D eigenvalue weighted by molar-refractivity contribution is 5.96. The van der Waals surface area contributed by atoms with Gasteiger partial charge < -0.3 is 15.5 Å². The van der Waals surface area contributed by atoms with Gasteiger partial charge in [0.05, 0.1) is 6.04 Å². The molecule has 32 heavy (non-hydrogen) atoms. The van der Waals surface area contributed by atoms with Gasteiger partial charge in [0.1, 0.15) is 0 Å². The predicted molar refractivity (Wildman–Crippen MR) is 131 cm³/mol. The van der Waals surface area contributed by atoms with E-state index in [2.05, 4.69) is 34.9 Å². The monoisotopic (exact) mass is 451 g/mol. The zero-order chi connectivity index (χ0) is 21.6. The number of hydrogen-bond donors (Lipinski definition) is 2. The van der Waals surface area contributed by atoms with Crippen LogP contribution in [0.2, 0.25) is 0 Å². The maximum absolute atomic E-state index is 13.1. The molecule has 0 bridgehead atoms. The largest absolute Gasteiger partial charge is 0.345 e. The van der Waals surface area contributed by atoms with E-state index in [1.165, 1.54) is 0 Å². The Bertz CT molecular complexity index is 1070. The van der Waals surface area contributed by atoms with Crippen molar-refractivity contribution in [2.75, 3.05) is 26.2 Å². The van der Waals surface area contributed by atoms with Gasteiger partial charge in [-0.3, -0.25) is 9.59 Å². The highest BCUT2D eigenvalue weighted by Gasteiger charge is 2.19. The molecule has 0 aliphatic carbocycles. The van der Waals surface area contributed by atoms with Gasteiger partial charge in [0.15, 0.2) is 0 Å². The summed E-state index contributed by atoms with van der Waals surface area (Å²) >= 11 is 0. The molecule has 3 aromatic carbocycles. The third kappa shape index (κ3) is 5.47.